The Balaban J connectivity index is 1.53. The van der Waals surface area contributed by atoms with Crippen molar-refractivity contribution in [3.05, 3.63) is 53.6 Å². The van der Waals surface area contributed by atoms with Gasteiger partial charge < -0.3 is 15.4 Å². The van der Waals surface area contributed by atoms with Crippen molar-refractivity contribution >= 4 is 57.1 Å². The molecule has 0 saturated heterocycles. The molecule has 134 valence electrons. The van der Waals surface area contributed by atoms with E-state index in [0.717, 1.165) is 11.4 Å². The highest BCUT2D eigenvalue weighted by molar-refractivity contribution is 8.01. The highest BCUT2D eigenvalue weighted by Gasteiger charge is 2.10. The SMILES string of the molecule is COc1ccccc1Nc1nnc(SCC(=O)Nc2ccc(Cl)cc2)s1. The highest BCUT2D eigenvalue weighted by atomic mass is 35.5. The Bertz CT molecular complexity index is 886. The number of carbonyl (C=O) groups excluding carboxylic acids is 1. The molecule has 26 heavy (non-hydrogen) atoms. The van der Waals surface area contributed by atoms with Crippen LogP contribution in [0.2, 0.25) is 5.02 Å². The Kier molecular flexibility index (Phi) is 6.32. The minimum atomic E-state index is -0.119. The van der Waals surface area contributed by atoms with Gasteiger partial charge in [0, 0.05) is 10.7 Å². The number of aromatic nitrogens is 2. The molecule has 0 atom stereocenters. The van der Waals surface area contributed by atoms with Gasteiger partial charge >= 0.3 is 0 Å². The number of hydrogen-bond donors (Lipinski definition) is 2. The fraction of sp³-hybridized carbons (Fsp3) is 0.118. The van der Waals surface area contributed by atoms with E-state index in [1.807, 2.05) is 24.3 Å². The average Bonchev–Trinajstić information content (AvgIpc) is 3.10. The van der Waals surface area contributed by atoms with Crippen LogP contribution < -0.4 is 15.4 Å². The second-order valence-corrected chi connectivity index (χ2v) is 7.68. The molecule has 6 nitrogen and oxygen atoms in total. The van der Waals surface area contributed by atoms with Crippen LogP contribution in [0.3, 0.4) is 0 Å². The lowest BCUT2D eigenvalue weighted by molar-refractivity contribution is -0.113. The fourth-order valence-electron chi connectivity index (χ4n) is 2.04. The highest BCUT2D eigenvalue weighted by Crippen LogP contribution is 2.31. The van der Waals surface area contributed by atoms with Crippen molar-refractivity contribution in [1.82, 2.24) is 10.2 Å². The van der Waals surface area contributed by atoms with Crippen LogP contribution >= 0.6 is 34.7 Å². The molecule has 0 fully saturated rings. The Morgan fingerprint density at radius 1 is 1.19 bits per heavy atom. The first-order chi connectivity index (χ1) is 12.6. The number of hydrogen-bond acceptors (Lipinski definition) is 7. The average molecular weight is 407 g/mol. The van der Waals surface area contributed by atoms with E-state index in [1.54, 1.807) is 31.4 Å². The van der Waals surface area contributed by atoms with Crippen molar-refractivity contribution in [3.63, 3.8) is 0 Å². The molecule has 9 heteroatoms. The van der Waals surface area contributed by atoms with Crippen molar-refractivity contribution in [1.29, 1.82) is 0 Å². The van der Waals surface area contributed by atoms with Crippen molar-refractivity contribution in [3.8, 4) is 5.75 Å². The lowest BCUT2D eigenvalue weighted by Gasteiger charge is -2.07. The molecule has 0 saturated carbocycles. The van der Waals surface area contributed by atoms with Crippen LogP contribution in [0.1, 0.15) is 0 Å². The molecule has 1 heterocycles. The van der Waals surface area contributed by atoms with Gasteiger partial charge in [-0.2, -0.15) is 0 Å². The number of benzene rings is 2. The van der Waals surface area contributed by atoms with E-state index in [2.05, 4.69) is 20.8 Å². The van der Waals surface area contributed by atoms with Crippen molar-refractivity contribution in [2.24, 2.45) is 0 Å². The van der Waals surface area contributed by atoms with Crippen LogP contribution in [0.5, 0.6) is 5.75 Å². The van der Waals surface area contributed by atoms with Gasteiger partial charge in [0.1, 0.15) is 5.75 Å². The zero-order chi connectivity index (χ0) is 18.4. The molecule has 0 spiro atoms. The molecule has 0 aliphatic carbocycles. The molecule has 0 aliphatic rings. The lowest BCUT2D eigenvalue weighted by atomic mass is 10.3. The number of nitrogens with zero attached hydrogens (tertiary/aromatic N) is 2. The summed E-state index contributed by atoms with van der Waals surface area (Å²) in [4.78, 5) is 12.0. The molecular formula is C17H15ClN4O2S2. The predicted molar refractivity (Wildman–Crippen MR) is 107 cm³/mol. The summed E-state index contributed by atoms with van der Waals surface area (Å²) in [6.07, 6.45) is 0. The monoisotopic (exact) mass is 406 g/mol. The predicted octanol–water partition coefficient (Wildman–Crippen LogP) is 4.67. The van der Waals surface area contributed by atoms with Gasteiger partial charge in [0.15, 0.2) is 4.34 Å². The normalized spacial score (nSPS) is 10.4. The third-order valence-corrected chi connectivity index (χ3v) is 5.43. The Morgan fingerprint density at radius 2 is 1.96 bits per heavy atom. The zero-order valence-corrected chi connectivity index (χ0v) is 16.1. The van der Waals surface area contributed by atoms with Crippen molar-refractivity contribution < 1.29 is 9.53 Å². The number of thioether (sulfide) groups is 1. The number of anilines is 3. The summed E-state index contributed by atoms with van der Waals surface area (Å²) in [5.74, 6) is 0.845. The van der Waals surface area contributed by atoms with Crippen molar-refractivity contribution in [2.45, 2.75) is 4.34 Å². The van der Waals surface area contributed by atoms with Crippen LogP contribution in [0, 0.1) is 0 Å². The van der Waals surface area contributed by atoms with Gasteiger partial charge in [0.2, 0.25) is 11.0 Å². The fourth-order valence-corrected chi connectivity index (χ4v) is 3.73. The number of ether oxygens (including phenoxy) is 1. The first-order valence-electron chi connectivity index (χ1n) is 7.56. The molecular weight excluding hydrogens is 392 g/mol. The number of halogens is 1. The number of amides is 1. The van der Waals surface area contributed by atoms with E-state index in [0.29, 0.717) is 20.2 Å². The molecule has 2 aromatic carbocycles. The van der Waals surface area contributed by atoms with Crippen LogP contribution in [-0.4, -0.2) is 29.0 Å². The first-order valence-corrected chi connectivity index (χ1v) is 9.74. The van der Waals surface area contributed by atoms with Gasteiger partial charge in [0.05, 0.1) is 18.6 Å². The third kappa shape index (κ3) is 5.10. The number of methoxy groups -OCH3 is 1. The standard InChI is InChI=1S/C17H15ClN4O2S2/c1-24-14-5-3-2-4-13(14)20-16-21-22-17(26-16)25-10-15(23)19-12-8-6-11(18)7-9-12/h2-9H,10H2,1H3,(H,19,23)(H,20,21). The van der Waals surface area contributed by atoms with Gasteiger partial charge in [-0.15, -0.1) is 10.2 Å². The van der Waals surface area contributed by atoms with Gasteiger partial charge in [-0.3, -0.25) is 4.79 Å². The summed E-state index contributed by atoms with van der Waals surface area (Å²) in [5.41, 5.74) is 1.51. The Morgan fingerprint density at radius 3 is 2.73 bits per heavy atom. The van der Waals surface area contributed by atoms with Crippen LogP contribution in [0.25, 0.3) is 0 Å². The minimum absolute atomic E-state index is 0.119. The molecule has 1 aromatic heterocycles. The molecule has 2 N–H and O–H groups in total. The quantitative estimate of drug-likeness (QED) is 0.555. The van der Waals surface area contributed by atoms with E-state index < -0.39 is 0 Å². The summed E-state index contributed by atoms with van der Waals surface area (Å²) in [6.45, 7) is 0. The summed E-state index contributed by atoms with van der Waals surface area (Å²) in [5, 5.41) is 15.4. The van der Waals surface area contributed by atoms with Gasteiger partial charge in [0.25, 0.3) is 0 Å². The maximum Gasteiger partial charge on any atom is 0.234 e. The molecule has 0 bridgehead atoms. The second-order valence-electron chi connectivity index (χ2n) is 5.04. The van der Waals surface area contributed by atoms with Gasteiger partial charge in [-0.25, -0.2) is 0 Å². The lowest BCUT2D eigenvalue weighted by Crippen LogP contribution is -2.13. The summed E-state index contributed by atoms with van der Waals surface area (Å²) in [6, 6.07) is 14.5. The maximum atomic E-state index is 12.0. The first kappa shape index (κ1) is 18.5. The van der Waals surface area contributed by atoms with E-state index in [1.165, 1.54) is 23.1 Å². The van der Waals surface area contributed by atoms with Crippen LogP contribution in [0.4, 0.5) is 16.5 Å². The van der Waals surface area contributed by atoms with E-state index in [-0.39, 0.29) is 11.7 Å². The summed E-state index contributed by atoms with van der Waals surface area (Å²) >= 11 is 8.53. The van der Waals surface area contributed by atoms with E-state index in [4.69, 9.17) is 16.3 Å². The smallest absolute Gasteiger partial charge is 0.234 e. The van der Waals surface area contributed by atoms with Crippen LogP contribution in [0.15, 0.2) is 52.9 Å². The summed E-state index contributed by atoms with van der Waals surface area (Å²) in [7, 11) is 1.61. The minimum Gasteiger partial charge on any atom is -0.495 e. The molecule has 0 unspecified atom stereocenters. The zero-order valence-electron chi connectivity index (χ0n) is 13.7. The van der Waals surface area contributed by atoms with E-state index >= 15 is 0 Å². The molecule has 0 aliphatic heterocycles. The molecule has 0 radical (unpaired) electrons. The maximum absolute atomic E-state index is 12.0. The van der Waals surface area contributed by atoms with Crippen LogP contribution in [-0.2, 0) is 4.79 Å². The molecule has 3 aromatic rings. The number of rotatable bonds is 7. The summed E-state index contributed by atoms with van der Waals surface area (Å²) < 4.78 is 6.00. The number of nitrogens with one attached hydrogen (secondary N) is 2. The van der Waals surface area contributed by atoms with Gasteiger partial charge in [-0.1, -0.05) is 46.8 Å². The Labute approximate surface area is 163 Å². The van der Waals surface area contributed by atoms with Crippen molar-refractivity contribution in [2.75, 3.05) is 23.5 Å². The number of para-hydroxylation sites is 2. The molecule has 1 amide bonds. The van der Waals surface area contributed by atoms with Gasteiger partial charge in [-0.05, 0) is 36.4 Å². The number of carbonyl (C=O) groups is 1. The van der Waals surface area contributed by atoms with E-state index in [9.17, 15) is 4.79 Å². The largest absolute Gasteiger partial charge is 0.495 e. The second kappa shape index (κ2) is 8.88. The Hall–Kier alpha value is -2.29. The topological polar surface area (TPSA) is 76.1 Å². The molecule has 3 rings (SSSR count). The third-order valence-electron chi connectivity index (χ3n) is 3.21.